The number of amides is 1. The van der Waals surface area contributed by atoms with E-state index >= 15 is 0 Å². The van der Waals surface area contributed by atoms with Gasteiger partial charge >= 0.3 is 0 Å². The van der Waals surface area contributed by atoms with Crippen LogP contribution in [-0.2, 0) is 11.3 Å². The summed E-state index contributed by atoms with van der Waals surface area (Å²) in [5.74, 6) is 1.22. The quantitative estimate of drug-likeness (QED) is 0.874. The summed E-state index contributed by atoms with van der Waals surface area (Å²) in [6, 6.07) is 9.28. The fourth-order valence-corrected chi connectivity index (χ4v) is 2.93. The van der Waals surface area contributed by atoms with Crippen LogP contribution in [0.25, 0.3) is 0 Å². The first-order valence-electron chi connectivity index (χ1n) is 8.82. The topological polar surface area (TPSA) is 65.4 Å². The van der Waals surface area contributed by atoms with Gasteiger partial charge in [-0.1, -0.05) is 0 Å². The van der Waals surface area contributed by atoms with Crippen LogP contribution >= 0.6 is 0 Å². The Morgan fingerprint density at radius 1 is 1.32 bits per heavy atom. The van der Waals surface area contributed by atoms with Gasteiger partial charge in [0.25, 0.3) is 5.91 Å². The molecule has 2 aromatic rings. The molecule has 6 heteroatoms. The molecule has 0 radical (unpaired) electrons. The summed E-state index contributed by atoms with van der Waals surface area (Å²) in [7, 11) is 0. The highest BCUT2D eigenvalue weighted by Crippen LogP contribution is 2.20. The SMILES string of the molecule is CCn1nc(C)cc1C(=O)Nc1ccc(OCC2CCOCC2)cc1. The third-order valence-corrected chi connectivity index (χ3v) is 4.37. The molecule has 3 rings (SSSR count). The van der Waals surface area contributed by atoms with E-state index in [2.05, 4.69) is 10.4 Å². The van der Waals surface area contributed by atoms with E-state index in [0.717, 1.165) is 43.2 Å². The molecular weight excluding hydrogens is 318 g/mol. The van der Waals surface area contributed by atoms with Crippen LogP contribution in [0.5, 0.6) is 5.75 Å². The molecular formula is C19H25N3O3. The van der Waals surface area contributed by atoms with Crippen molar-refractivity contribution in [2.45, 2.75) is 33.2 Å². The number of hydrogen-bond donors (Lipinski definition) is 1. The highest BCUT2D eigenvalue weighted by Gasteiger charge is 2.15. The van der Waals surface area contributed by atoms with E-state index in [1.807, 2.05) is 38.1 Å². The summed E-state index contributed by atoms with van der Waals surface area (Å²) < 4.78 is 12.9. The molecule has 0 atom stereocenters. The number of aryl methyl sites for hydroxylation is 2. The fraction of sp³-hybridized carbons (Fsp3) is 0.474. The van der Waals surface area contributed by atoms with Gasteiger partial charge in [0.15, 0.2) is 0 Å². The van der Waals surface area contributed by atoms with Crippen molar-refractivity contribution in [3.63, 3.8) is 0 Å². The maximum Gasteiger partial charge on any atom is 0.273 e. The van der Waals surface area contributed by atoms with Crippen molar-refractivity contribution < 1.29 is 14.3 Å². The third-order valence-electron chi connectivity index (χ3n) is 4.37. The van der Waals surface area contributed by atoms with E-state index < -0.39 is 0 Å². The van der Waals surface area contributed by atoms with Gasteiger partial charge in [-0.05, 0) is 62.9 Å². The first kappa shape index (κ1) is 17.5. The van der Waals surface area contributed by atoms with Crippen molar-refractivity contribution in [1.82, 2.24) is 9.78 Å². The fourth-order valence-electron chi connectivity index (χ4n) is 2.93. The minimum Gasteiger partial charge on any atom is -0.493 e. The number of benzene rings is 1. The zero-order chi connectivity index (χ0) is 17.6. The monoisotopic (exact) mass is 343 g/mol. The molecule has 134 valence electrons. The van der Waals surface area contributed by atoms with Crippen LogP contribution in [0, 0.1) is 12.8 Å². The average Bonchev–Trinajstić information content (AvgIpc) is 3.03. The van der Waals surface area contributed by atoms with Gasteiger partial charge in [-0.15, -0.1) is 0 Å². The summed E-state index contributed by atoms with van der Waals surface area (Å²) in [6.45, 7) is 6.88. The Bertz CT molecular complexity index is 703. The van der Waals surface area contributed by atoms with Gasteiger partial charge in [-0.25, -0.2) is 0 Å². The molecule has 6 nitrogen and oxygen atoms in total. The van der Waals surface area contributed by atoms with Gasteiger partial charge in [-0.3, -0.25) is 9.48 Å². The van der Waals surface area contributed by atoms with Crippen LogP contribution < -0.4 is 10.1 Å². The molecule has 1 N–H and O–H groups in total. The Balaban J connectivity index is 1.55. The first-order chi connectivity index (χ1) is 12.2. The molecule has 0 spiro atoms. The lowest BCUT2D eigenvalue weighted by Gasteiger charge is -2.22. The second-order valence-corrected chi connectivity index (χ2v) is 6.33. The average molecular weight is 343 g/mol. The van der Waals surface area contributed by atoms with Gasteiger partial charge in [0.1, 0.15) is 11.4 Å². The van der Waals surface area contributed by atoms with E-state index in [9.17, 15) is 4.79 Å². The molecule has 0 unspecified atom stereocenters. The number of nitrogens with one attached hydrogen (secondary N) is 1. The lowest BCUT2D eigenvalue weighted by Crippen LogP contribution is -2.21. The number of nitrogens with zero attached hydrogens (tertiary/aromatic N) is 2. The molecule has 1 amide bonds. The van der Waals surface area contributed by atoms with Crippen LogP contribution in [0.1, 0.15) is 35.9 Å². The van der Waals surface area contributed by atoms with Crippen molar-refractivity contribution in [3.8, 4) is 5.75 Å². The molecule has 2 heterocycles. The largest absolute Gasteiger partial charge is 0.493 e. The number of ether oxygens (including phenoxy) is 2. The molecule has 1 aliphatic heterocycles. The third kappa shape index (κ3) is 4.60. The zero-order valence-electron chi connectivity index (χ0n) is 14.8. The van der Waals surface area contributed by atoms with Crippen LogP contribution in [-0.4, -0.2) is 35.5 Å². The second kappa shape index (κ2) is 8.16. The molecule has 25 heavy (non-hydrogen) atoms. The summed E-state index contributed by atoms with van der Waals surface area (Å²) >= 11 is 0. The van der Waals surface area contributed by atoms with Crippen LogP contribution in [0.4, 0.5) is 5.69 Å². The molecule has 0 aliphatic carbocycles. The molecule has 0 bridgehead atoms. The molecule has 0 saturated carbocycles. The van der Waals surface area contributed by atoms with Crippen molar-refractivity contribution in [2.75, 3.05) is 25.1 Å². The Labute approximate surface area is 148 Å². The smallest absolute Gasteiger partial charge is 0.273 e. The van der Waals surface area contributed by atoms with E-state index in [4.69, 9.17) is 9.47 Å². The van der Waals surface area contributed by atoms with Crippen molar-refractivity contribution in [1.29, 1.82) is 0 Å². The minimum absolute atomic E-state index is 0.154. The highest BCUT2D eigenvalue weighted by atomic mass is 16.5. The van der Waals surface area contributed by atoms with Gasteiger partial charge in [0.05, 0.1) is 12.3 Å². The van der Waals surface area contributed by atoms with Gasteiger partial charge in [0, 0.05) is 25.4 Å². The van der Waals surface area contributed by atoms with Crippen LogP contribution in [0.2, 0.25) is 0 Å². The van der Waals surface area contributed by atoms with Gasteiger partial charge in [-0.2, -0.15) is 5.10 Å². The standard InChI is InChI=1S/C19H25N3O3/c1-3-22-18(12-14(2)21-22)19(23)20-16-4-6-17(7-5-16)25-13-15-8-10-24-11-9-15/h4-7,12,15H,3,8-11,13H2,1-2H3,(H,20,23). The van der Waals surface area contributed by atoms with E-state index in [-0.39, 0.29) is 5.91 Å². The van der Waals surface area contributed by atoms with Gasteiger partial charge in [0.2, 0.25) is 0 Å². The lowest BCUT2D eigenvalue weighted by molar-refractivity contribution is 0.0497. The van der Waals surface area contributed by atoms with E-state index in [1.165, 1.54) is 0 Å². The summed E-state index contributed by atoms with van der Waals surface area (Å²) in [6.07, 6.45) is 2.11. The Morgan fingerprint density at radius 2 is 2.04 bits per heavy atom. The summed E-state index contributed by atoms with van der Waals surface area (Å²) in [4.78, 5) is 12.4. The number of carbonyl (C=O) groups is 1. The second-order valence-electron chi connectivity index (χ2n) is 6.33. The van der Waals surface area contributed by atoms with Crippen molar-refractivity contribution in [2.24, 2.45) is 5.92 Å². The molecule has 1 aliphatic rings. The summed E-state index contributed by atoms with van der Waals surface area (Å²) in [5.41, 5.74) is 2.15. The molecule has 1 aromatic carbocycles. The van der Waals surface area contributed by atoms with Crippen LogP contribution in [0.15, 0.2) is 30.3 Å². The Morgan fingerprint density at radius 3 is 2.72 bits per heavy atom. The van der Waals surface area contributed by atoms with E-state index in [1.54, 1.807) is 10.7 Å². The number of aromatic nitrogens is 2. The van der Waals surface area contributed by atoms with E-state index in [0.29, 0.717) is 24.8 Å². The highest BCUT2D eigenvalue weighted by molar-refractivity contribution is 6.03. The molecule has 1 fully saturated rings. The van der Waals surface area contributed by atoms with Gasteiger partial charge < -0.3 is 14.8 Å². The van der Waals surface area contributed by atoms with Crippen LogP contribution in [0.3, 0.4) is 0 Å². The lowest BCUT2D eigenvalue weighted by atomic mass is 10.0. The predicted molar refractivity (Wildman–Crippen MR) is 96.1 cm³/mol. The van der Waals surface area contributed by atoms with Crippen molar-refractivity contribution >= 4 is 11.6 Å². The predicted octanol–water partition coefficient (Wildman–Crippen LogP) is 3.27. The molecule has 1 saturated heterocycles. The molecule has 1 aromatic heterocycles. The van der Waals surface area contributed by atoms with Crippen molar-refractivity contribution in [3.05, 3.63) is 41.7 Å². The number of hydrogen-bond acceptors (Lipinski definition) is 4. The zero-order valence-corrected chi connectivity index (χ0v) is 14.8. The Kier molecular flexibility index (Phi) is 5.71. The summed E-state index contributed by atoms with van der Waals surface area (Å²) in [5, 5.41) is 7.21. The normalized spacial score (nSPS) is 15.1. The maximum atomic E-state index is 12.4. The minimum atomic E-state index is -0.154. The number of rotatable bonds is 6. The first-order valence-corrected chi connectivity index (χ1v) is 8.82. The Hall–Kier alpha value is -2.34. The number of carbonyl (C=O) groups excluding carboxylic acids is 1. The number of anilines is 1. The maximum absolute atomic E-state index is 12.4.